The van der Waals surface area contributed by atoms with Gasteiger partial charge >= 0.3 is 0 Å². The molecule has 0 saturated heterocycles. The highest BCUT2D eigenvalue weighted by Crippen LogP contribution is 2.27. The number of halogens is 1. The van der Waals surface area contributed by atoms with Crippen LogP contribution in [0.5, 0.6) is 0 Å². The lowest BCUT2D eigenvalue weighted by Gasteiger charge is -2.07. The number of anilines is 1. The molecule has 0 bridgehead atoms. The lowest BCUT2D eigenvalue weighted by atomic mass is 10.1. The molecule has 1 amide bonds. The van der Waals surface area contributed by atoms with Crippen molar-refractivity contribution in [3.8, 4) is 0 Å². The summed E-state index contributed by atoms with van der Waals surface area (Å²) in [5.41, 5.74) is 2.37. The van der Waals surface area contributed by atoms with Gasteiger partial charge in [0.25, 0.3) is 5.91 Å². The molecule has 0 heterocycles. The minimum absolute atomic E-state index is 0.236. The molecule has 3 rings (SSSR count). The van der Waals surface area contributed by atoms with Crippen molar-refractivity contribution in [2.45, 2.75) is 19.4 Å². The van der Waals surface area contributed by atoms with Crippen LogP contribution in [0.2, 0.25) is 0 Å². The van der Waals surface area contributed by atoms with E-state index in [2.05, 4.69) is 10.6 Å². The van der Waals surface area contributed by atoms with E-state index in [0.29, 0.717) is 5.56 Å². The Labute approximate surface area is 129 Å². The van der Waals surface area contributed by atoms with E-state index in [-0.39, 0.29) is 11.7 Å². The van der Waals surface area contributed by atoms with Crippen LogP contribution in [0.4, 0.5) is 10.1 Å². The lowest BCUT2D eigenvalue weighted by Crippen LogP contribution is -2.16. The first kappa shape index (κ1) is 14.7. The average molecular weight is 298 g/mol. The Morgan fingerprint density at radius 2 is 1.73 bits per heavy atom. The Hall–Kier alpha value is -2.20. The number of carbonyl (C=O) groups excluding carboxylic acids is 1. The van der Waals surface area contributed by atoms with Gasteiger partial charge in [0.1, 0.15) is 5.82 Å². The topological polar surface area (TPSA) is 41.1 Å². The highest BCUT2D eigenvalue weighted by Gasteiger charge is 2.20. The van der Waals surface area contributed by atoms with Gasteiger partial charge in [-0.3, -0.25) is 4.79 Å². The Bertz CT molecular complexity index is 633. The third kappa shape index (κ3) is 4.15. The number of amides is 1. The molecule has 0 aliphatic heterocycles. The Balaban J connectivity index is 1.53. The number of hydrogen-bond donors (Lipinski definition) is 2. The third-order valence-electron chi connectivity index (χ3n) is 3.78. The van der Waals surface area contributed by atoms with Crippen LogP contribution in [0.3, 0.4) is 0 Å². The molecule has 0 unspecified atom stereocenters. The van der Waals surface area contributed by atoms with E-state index in [1.807, 2.05) is 24.3 Å². The van der Waals surface area contributed by atoms with Crippen molar-refractivity contribution in [1.29, 1.82) is 0 Å². The van der Waals surface area contributed by atoms with E-state index in [9.17, 15) is 9.18 Å². The Morgan fingerprint density at radius 1 is 1.05 bits per heavy atom. The quantitative estimate of drug-likeness (QED) is 0.856. The monoisotopic (exact) mass is 298 g/mol. The van der Waals surface area contributed by atoms with Crippen molar-refractivity contribution >= 4 is 11.6 Å². The molecule has 22 heavy (non-hydrogen) atoms. The van der Waals surface area contributed by atoms with Gasteiger partial charge in [-0.15, -0.1) is 0 Å². The molecule has 2 N–H and O–H groups in total. The molecular formula is C18H19FN2O. The SMILES string of the molecule is O=C(Nc1ccc(CNCC2CC2)cc1)c1ccc(F)cc1. The van der Waals surface area contributed by atoms with Crippen molar-refractivity contribution in [3.05, 3.63) is 65.5 Å². The second kappa shape index (κ2) is 6.71. The molecule has 1 saturated carbocycles. The zero-order valence-corrected chi connectivity index (χ0v) is 12.3. The molecule has 0 atom stereocenters. The summed E-state index contributed by atoms with van der Waals surface area (Å²) in [6, 6.07) is 13.3. The predicted octanol–water partition coefficient (Wildman–Crippen LogP) is 3.58. The van der Waals surface area contributed by atoms with Gasteiger partial charge in [-0.2, -0.15) is 0 Å². The van der Waals surface area contributed by atoms with Crippen molar-refractivity contribution in [2.24, 2.45) is 5.92 Å². The number of hydrogen-bond acceptors (Lipinski definition) is 2. The minimum Gasteiger partial charge on any atom is -0.322 e. The molecule has 0 radical (unpaired) electrons. The van der Waals surface area contributed by atoms with Crippen molar-refractivity contribution in [3.63, 3.8) is 0 Å². The zero-order chi connectivity index (χ0) is 15.4. The maximum Gasteiger partial charge on any atom is 0.255 e. The molecule has 4 heteroatoms. The van der Waals surface area contributed by atoms with Crippen LogP contribution in [0.15, 0.2) is 48.5 Å². The molecule has 2 aromatic carbocycles. The predicted molar refractivity (Wildman–Crippen MR) is 85.2 cm³/mol. The fourth-order valence-corrected chi connectivity index (χ4v) is 2.25. The first-order valence-corrected chi connectivity index (χ1v) is 7.57. The minimum atomic E-state index is -0.348. The van der Waals surface area contributed by atoms with Crippen LogP contribution in [-0.4, -0.2) is 12.5 Å². The van der Waals surface area contributed by atoms with Gasteiger partial charge in [-0.1, -0.05) is 12.1 Å². The molecule has 3 nitrogen and oxygen atoms in total. The third-order valence-corrected chi connectivity index (χ3v) is 3.78. The van der Waals surface area contributed by atoms with Gasteiger partial charge in [0.2, 0.25) is 0 Å². The molecule has 0 spiro atoms. The number of nitrogens with one attached hydrogen (secondary N) is 2. The zero-order valence-electron chi connectivity index (χ0n) is 12.3. The molecule has 0 aromatic heterocycles. The molecule has 1 aliphatic rings. The van der Waals surface area contributed by atoms with Crippen LogP contribution < -0.4 is 10.6 Å². The standard InChI is InChI=1S/C18H19FN2O/c19-16-7-5-15(6-8-16)18(22)21-17-9-3-14(4-10-17)12-20-11-13-1-2-13/h3-10,13,20H,1-2,11-12H2,(H,21,22). The van der Waals surface area contributed by atoms with E-state index in [0.717, 1.165) is 24.7 Å². The van der Waals surface area contributed by atoms with Crippen molar-refractivity contribution in [2.75, 3.05) is 11.9 Å². The summed E-state index contributed by atoms with van der Waals surface area (Å²) < 4.78 is 12.8. The summed E-state index contributed by atoms with van der Waals surface area (Å²) in [5, 5.41) is 6.24. The highest BCUT2D eigenvalue weighted by molar-refractivity contribution is 6.04. The maximum atomic E-state index is 12.8. The molecule has 1 fully saturated rings. The van der Waals surface area contributed by atoms with Gasteiger partial charge in [0.05, 0.1) is 0 Å². The van der Waals surface area contributed by atoms with Gasteiger partial charge in [-0.05, 0) is 67.3 Å². The summed E-state index contributed by atoms with van der Waals surface area (Å²) in [5.74, 6) is 0.286. The van der Waals surface area contributed by atoms with Gasteiger partial charge < -0.3 is 10.6 Å². The first-order chi connectivity index (χ1) is 10.7. The fraction of sp³-hybridized carbons (Fsp3) is 0.278. The summed E-state index contributed by atoms with van der Waals surface area (Å²) in [7, 11) is 0. The van der Waals surface area contributed by atoms with Crippen LogP contribution >= 0.6 is 0 Å². The second-order valence-electron chi connectivity index (χ2n) is 5.73. The number of rotatable bonds is 6. The van der Waals surface area contributed by atoms with E-state index in [1.165, 1.54) is 42.7 Å². The first-order valence-electron chi connectivity index (χ1n) is 7.57. The molecular weight excluding hydrogens is 279 g/mol. The van der Waals surface area contributed by atoms with E-state index < -0.39 is 0 Å². The average Bonchev–Trinajstić information content (AvgIpc) is 3.34. The summed E-state index contributed by atoms with van der Waals surface area (Å²) in [6.07, 6.45) is 2.70. The summed E-state index contributed by atoms with van der Waals surface area (Å²) in [4.78, 5) is 12.0. The van der Waals surface area contributed by atoms with Crippen LogP contribution in [-0.2, 0) is 6.54 Å². The lowest BCUT2D eigenvalue weighted by molar-refractivity contribution is 0.102. The van der Waals surface area contributed by atoms with Crippen molar-refractivity contribution in [1.82, 2.24) is 5.32 Å². The largest absolute Gasteiger partial charge is 0.322 e. The molecule has 114 valence electrons. The van der Waals surface area contributed by atoms with Crippen molar-refractivity contribution < 1.29 is 9.18 Å². The second-order valence-corrected chi connectivity index (χ2v) is 5.73. The van der Waals surface area contributed by atoms with E-state index in [4.69, 9.17) is 0 Å². The Morgan fingerprint density at radius 3 is 2.36 bits per heavy atom. The van der Waals surface area contributed by atoms with E-state index in [1.54, 1.807) is 0 Å². The van der Waals surface area contributed by atoms with Crippen LogP contribution in [0, 0.1) is 11.7 Å². The molecule has 2 aromatic rings. The highest BCUT2D eigenvalue weighted by atomic mass is 19.1. The van der Waals surface area contributed by atoms with Gasteiger partial charge in [0, 0.05) is 17.8 Å². The fourth-order valence-electron chi connectivity index (χ4n) is 2.25. The maximum absolute atomic E-state index is 12.8. The van der Waals surface area contributed by atoms with E-state index >= 15 is 0 Å². The van der Waals surface area contributed by atoms with Gasteiger partial charge in [-0.25, -0.2) is 4.39 Å². The van der Waals surface area contributed by atoms with Crippen LogP contribution in [0.25, 0.3) is 0 Å². The summed E-state index contributed by atoms with van der Waals surface area (Å²) >= 11 is 0. The normalized spacial score (nSPS) is 13.9. The van der Waals surface area contributed by atoms with Gasteiger partial charge in [0.15, 0.2) is 0 Å². The number of benzene rings is 2. The summed E-state index contributed by atoms with van der Waals surface area (Å²) in [6.45, 7) is 1.94. The number of carbonyl (C=O) groups is 1. The van der Waals surface area contributed by atoms with Crippen LogP contribution in [0.1, 0.15) is 28.8 Å². The smallest absolute Gasteiger partial charge is 0.255 e. The molecule has 1 aliphatic carbocycles. The Kier molecular flexibility index (Phi) is 4.49.